The van der Waals surface area contributed by atoms with Crippen LogP contribution in [-0.4, -0.2) is 59.1 Å². The van der Waals surface area contributed by atoms with Gasteiger partial charge in [-0.15, -0.1) is 0 Å². The van der Waals surface area contributed by atoms with Crippen molar-refractivity contribution in [1.29, 1.82) is 0 Å². The van der Waals surface area contributed by atoms with Crippen molar-refractivity contribution in [3.63, 3.8) is 0 Å². The summed E-state index contributed by atoms with van der Waals surface area (Å²) in [4.78, 5) is 31.8. The van der Waals surface area contributed by atoms with Crippen LogP contribution in [0.4, 0.5) is 0 Å². The number of aromatic nitrogens is 2. The molecule has 2 aromatic carbocycles. The van der Waals surface area contributed by atoms with Crippen molar-refractivity contribution in [3.05, 3.63) is 65.5 Å². The highest BCUT2D eigenvalue weighted by Crippen LogP contribution is 2.17. The van der Waals surface area contributed by atoms with Crippen LogP contribution in [0.3, 0.4) is 0 Å². The molecule has 1 aromatic heterocycles. The largest absolute Gasteiger partial charge is 0.378 e. The first-order chi connectivity index (χ1) is 15.1. The quantitative estimate of drug-likeness (QED) is 0.635. The maximum absolute atomic E-state index is 12.8. The molecule has 4 rings (SSSR count). The van der Waals surface area contributed by atoms with Gasteiger partial charge in [0.2, 0.25) is 11.8 Å². The molecule has 1 aliphatic heterocycles. The number of hydrogen-bond acceptors (Lipinski definition) is 4. The highest BCUT2D eigenvalue weighted by Gasteiger charge is 2.20. The van der Waals surface area contributed by atoms with E-state index < -0.39 is 0 Å². The normalized spacial score (nSPS) is 14.0. The first kappa shape index (κ1) is 21.1. The summed E-state index contributed by atoms with van der Waals surface area (Å²) in [6.45, 7) is 5.13. The first-order valence-corrected chi connectivity index (χ1v) is 10.7. The molecule has 2 heterocycles. The number of carbonyl (C=O) groups excluding carboxylic acids is 2. The van der Waals surface area contributed by atoms with E-state index >= 15 is 0 Å². The maximum atomic E-state index is 12.8. The van der Waals surface area contributed by atoms with Gasteiger partial charge in [-0.05, 0) is 30.2 Å². The van der Waals surface area contributed by atoms with Crippen LogP contribution in [-0.2, 0) is 33.7 Å². The van der Waals surface area contributed by atoms with Crippen molar-refractivity contribution >= 4 is 22.8 Å². The van der Waals surface area contributed by atoms with Gasteiger partial charge in [0.1, 0.15) is 12.4 Å². The van der Waals surface area contributed by atoms with Gasteiger partial charge < -0.3 is 19.5 Å². The smallest absolute Gasteiger partial charge is 0.242 e. The Morgan fingerprint density at radius 2 is 1.81 bits per heavy atom. The number of aryl methyl sites for hydroxylation is 1. The lowest BCUT2D eigenvalue weighted by Crippen LogP contribution is -2.42. The Hall–Kier alpha value is -3.19. The summed E-state index contributed by atoms with van der Waals surface area (Å²) in [6.07, 6.45) is 0.920. The zero-order valence-corrected chi connectivity index (χ0v) is 17.8. The fraction of sp³-hybridized carbons (Fsp3) is 0.375. The molecular formula is C24H28N4O3. The molecule has 0 spiro atoms. The molecule has 0 unspecified atom stereocenters. The van der Waals surface area contributed by atoms with E-state index in [1.54, 1.807) is 0 Å². The van der Waals surface area contributed by atoms with E-state index in [-0.39, 0.29) is 18.4 Å². The van der Waals surface area contributed by atoms with Gasteiger partial charge in [0.05, 0.1) is 30.7 Å². The van der Waals surface area contributed by atoms with Crippen molar-refractivity contribution in [1.82, 2.24) is 19.8 Å². The summed E-state index contributed by atoms with van der Waals surface area (Å²) < 4.78 is 7.32. The lowest BCUT2D eigenvalue weighted by atomic mass is 10.1. The molecule has 31 heavy (non-hydrogen) atoms. The topological polar surface area (TPSA) is 76.5 Å². The molecule has 1 saturated heterocycles. The van der Waals surface area contributed by atoms with Gasteiger partial charge in [-0.2, -0.15) is 0 Å². The molecule has 0 radical (unpaired) electrons. The Labute approximate surface area is 182 Å². The van der Waals surface area contributed by atoms with Gasteiger partial charge in [-0.25, -0.2) is 4.98 Å². The second-order valence-electron chi connectivity index (χ2n) is 7.80. The van der Waals surface area contributed by atoms with E-state index in [4.69, 9.17) is 9.72 Å². The highest BCUT2D eigenvalue weighted by molar-refractivity contribution is 5.81. The summed E-state index contributed by atoms with van der Waals surface area (Å²) in [5.74, 6) is 0.858. The zero-order valence-electron chi connectivity index (χ0n) is 17.8. The number of nitrogens with zero attached hydrogens (tertiary/aromatic N) is 3. The lowest BCUT2D eigenvalue weighted by molar-refractivity contribution is -0.135. The van der Waals surface area contributed by atoms with Gasteiger partial charge in [0.25, 0.3) is 0 Å². The average molecular weight is 421 g/mol. The minimum absolute atomic E-state index is 0.0126. The predicted octanol–water partition coefficient (Wildman–Crippen LogP) is 2.10. The number of amides is 2. The maximum Gasteiger partial charge on any atom is 0.242 e. The van der Waals surface area contributed by atoms with Gasteiger partial charge >= 0.3 is 0 Å². The molecular weight excluding hydrogens is 392 g/mol. The second kappa shape index (κ2) is 9.75. The molecule has 3 aromatic rings. The Morgan fingerprint density at radius 1 is 1.06 bits per heavy atom. The fourth-order valence-corrected chi connectivity index (χ4v) is 3.90. The first-order valence-electron chi connectivity index (χ1n) is 10.7. The summed E-state index contributed by atoms with van der Waals surface area (Å²) in [6, 6.07) is 15.7. The van der Waals surface area contributed by atoms with E-state index in [0.29, 0.717) is 45.7 Å². The number of para-hydroxylation sites is 2. The minimum Gasteiger partial charge on any atom is -0.378 e. The molecule has 2 amide bonds. The number of ether oxygens (including phenoxy) is 1. The Bertz CT molecular complexity index is 1070. The van der Waals surface area contributed by atoms with Crippen LogP contribution < -0.4 is 5.32 Å². The number of hydrogen-bond donors (Lipinski definition) is 1. The Morgan fingerprint density at radius 3 is 2.61 bits per heavy atom. The Kier molecular flexibility index (Phi) is 6.62. The van der Waals surface area contributed by atoms with Crippen LogP contribution in [0.25, 0.3) is 11.0 Å². The molecule has 0 aliphatic carbocycles. The van der Waals surface area contributed by atoms with E-state index in [9.17, 15) is 9.59 Å². The molecule has 1 aliphatic rings. The minimum atomic E-state index is -0.0126. The molecule has 1 N–H and O–H groups in total. The lowest BCUT2D eigenvalue weighted by Gasteiger charge is -2.27. The molecule has 1 fully saturated rings. The van der Waals surface area contributed by atoms with Crippen LogP contribution in [0.15, 0.2) is 48.5 Å². The number of nitrogens with one attached hydrogen (secondary N) is 1. The van der Waals surface area contributed by atoms with E-state index in [1.165, 1.54) is 0 Å². The van der Waals surface area contributed by atoms with Gasteiger partial charge in [-0.3, -0.25) is 9.59 Å². The molecule has 0 atom stereocenters. The van der Waals surface area contributed by atoms with Crippen LogP contribution in [0.5, 0.6) is 0 Å². The van der Waals surface area contributed by atoms with Crippen molar-refractivity contribution in [2.45, 2.75) is 26.3 Å². The third-order valence-corrected chi connectivity index (χ3v) is 5.67. The van der Waals surface area contributed by atoms with Crippen LogP contribution in [0.1, 0.15) is 17.0 Å². The van der Waals surface area contributed by atoms with Crippen LogP contribution in [0.2, 0.25) is 0 Å². The standard InChI is InChI=1S/C24H28N4O3/c1-18-6-2-3-7-19(18)16-23(29)25-11-10-22-26-20-8-4-5-9-21(20)28(22)17-24(30)27-12-14-31-15-13-27/h2-9H,10-17H2,1H3,(H,25,29). The number of imidazole rings is 1. The zero-order chi connectivity index (χ0) is 21.6. The molecule has 7 nitrogen and oxygen atoms in total. The number of fused-ring (bicyclic) bond motifs is 1. The number of benzene rings is 2. The fourth-order valence-electron chi connectivity index (χ4n) is 3.90. The highest BCUT2D eigenvalue weighted by atomic mass is 16.5. The SMILES string of the molecule is Cc1ccccc1CC(=O)NCCc1nc2ccccc2n1CC(=O)N1CCOCC1. The Balaban J connectivity index is 1.42. The van der Waals surface area contributed by atoms with Crippen LogP contribution >= 0.6 is 0 Å². The van der Waals surface area contributed by atoms with Gasteiger partial charge in [0, 0.05) is 26.1 Å². The second-order valence-corrected chi connectivity index (χ2v) is 7.80. The monoisotopic (exact) mass is 420 g/mol. The molecule has 162 valence electrons. The number of carbonyl (C=O) groups is 2. The molecule has 0 bridgehead atoms. The summed E-state index contributed by atoms with van der Waals surface area (Å²) in [5.41, 5.74) is 3.94. The average Bonchev–Trinajstić information content (AvgIpc) is 3.13. The van der Waals surface area contributed by atoms with Crippen molar-refractivity contribution in [3.8, 4) is 0 Å². The summed E-state index contributed by atoms with van der Waals surface area (Å²) in [5, 5.41) is 2.99. The van der Waals surface area contributed by atoms with Crippen molar-refractivity contribution in [2.24, 2.45) is 0 Å². The van der Waals surface area contributed by atoms with Crippen molar-refractivity contribution < 1.29 is 14.3 Å². The van der Waals surface area contributed by atoms with E-state index in [1.807, 2.05) is 64.9 Å². The summed E-state index contributed by atoms with van der Waals surface area (Å²) >= 11 is 0. The van der Waals surface area contributed by atoms with E-state index in [2.05, 4.69) is 5.32 Å². The number of rotatable bonds is 7. The molecule has 0 saturated carbocycles. The number of morpholine rings is 1. The van der Waals surface area contributed by atoms with E-state index in [0.717, 1.165) is 28.0 Å². The van der Waals surface area contributed by atoms with Crippen LogP contribution in [0, 0.1) is 6.92 Å². The van der Waals surface area contributed by atoms with Gasteiger partial charge in [-0.1, -0.05) is 36.4 Å². The third-order valence-electron chi connectivity index (χ3n) is 5.67. The molecule has 7 heteroatoms. The third kappa shape index (κ3) is 5.11. The van der Waals surface area contributed by atoms with Gasteiger partial charge in [0.15, 0.2) is 0 Å². The summed E-state index contributed by atoms with van der Waals surface area (Å²) in [7, 11) is 0. The van der Waals surface area contributed by atoms with Crippen molar-refractivity contribution in [2.75, 3.05) is 32.8 Å². The predicted molar refractivity (Wildman–Crippen MR) is 119 cm³/mol.